The Morgan fingerprint density at radius 2 is 2.05 bits per heavy atom. The van der Waals surface area contributed by atoms with E-state index in [0.717, 1.165) is 13.1 Å². The van der Waals surface area contributed by atoms with Crippen molar-refractivity contribution in [3.05, 3.63) is 0 Å². The third kappa shape index (κ3) is 5.44. The van der Waals surface area contributed by atoms with Crippen molar-refractivity contribution in [1.29, 1.82) is 0 Å². The van der Waals surface area contributed by atoms with Crippen LogP contribution in [0.5, 0.6) is 0 Å². The topological polar surface area (TPSA) is 77.1 Å². The van der Waals surface area contributed by atoms with Gasteiger partial charge < -0.3 is 24.4 Å². The molecule has 0 spiro atoms. The first kappa shape index (κ1) is 16.9. The summed E-state index contributed by atoms with van der Waals surface area (Å²) in [5.41, 5.74) is -0.285. The van der Waals surface area contributed by atoms with Gasteiger partial charge >= 0.3 is 5.97 Å². The Bertz CT molecular complexity index is 331. The summed E-state index contributed by atoms with van der Waals surface area (Å²) in [4.78, 5) is 25.0. The van der Waals surface area contributed by atoms with Crippen molar-refractivity contribution >= 4 is 11.9 Å². The molecule has 1 N–H and O–H groups in total. The second-order valence-electron chi connectivity index (χ2n) is 4.96. The molecule has 7 heteroatoms. The van der Waals surface area contributed by atoms with Gasteiger partial charge in [0.05, 0.1) is 18.8 Å². The minimum absolute atomic E-state index is 0.0404. The van der Waals surface area contributed by atoms with E-state index in [1.807, 2.05) is 6.92 Å². The fraction of sp³-hybridized carbons (Fsp3) is 0.846. The molecular formula is C13H24N2O5. The lowest BCUT2D eigenvalue weighted by Crippen LogP contribution is -2.59. The van der Waals surface area contributed by atoms with Gasteiger partial charge in [-0.25, -0.2) is 0 Å². The third-order valence-electron chi connectivity index (χ3n) is 3.09. The van der Waals surface area contributed by atoms with Crippen molar-refractivity contribution in [3.63, 3.8) is 0 Å². The van der Waals surface area contributed by atoms with Crippen LogP contribution >= 0.6 is 0 Å². The van der Waals surface area contributed by atoms with Crippen LogP contribution in [0.25, 0.3) is 0 Å². The molecule has 20 heavy (non-hydrogen) atoms. The van der Waals surface area contributed by atoms with Crippen molar-refractivity contribution in [2.75, 3.05) is 53.1 Å². The number of hydrogen-bond acceptors (Lipinski definition) is 6. The average Bonchev–Trinajstić information content (AvgIpc) is 2.38. The van der Waals surface area contributed by atoms with E-state index in [1.165, 1.54) is 4.90 Å². The van der Waals surface area contributed by atoms with Crippen LogP contribution in [0, 0.1) is 0 Å². The molecule has 1 aliphatic heterocycles. The number of carbonyl (C=O) groups excluding carboxylic acids is 2. The summed E-state index contributed by atoms with van der Waals surface area (Å²) in [5.74, 6) is -0.656. The smallest absolute Gasteiger partial charge is 0.325 e. The van der Waals surface area contributed by atoms with Gasteiger partial charge in [-0.15, -0.1) is 0 Å². The molecule has 1 amide bonds. The predicted octanol–water partition coefficient (Wildman–Crippen LogP) is -0.597. The Balaban J connectivity index is 2.43. The van der Waals surface area contributed by atoms with Crippen LogP contribution in [-0.2, 0) is 23.8 Å². The molecule has 116 valence electrons. The van der Waals surface area contributed by atoms with Crippen molar-refractivity contribution < 1.29 is 23.8 Å². The van der Waals surface area contributed by atoms with Gasteiger partial charge in [0.2, 0.25) is 5.91 Å². The standard InChI is InChI=1S/C13H24N2O5/c1-4-19-12(17)7-15(5-6-18-3)11(16)8-20-13(2)9-14-10-13/h14H,4-10H2,1-3H3. The highest BCUT2D eigenvalue weighted by Gasteiger charge is 2.33. The van der Waals surface area contributed by atoms with Crippen LogP contribution in [0.2, 0.25) is 0 Å². The largest absolute Gasteiger partial charge is 0.465 e. The predicted molar refractivity (Wildman–Crippen MR) is 72.3 cm³/mol. The van der Waals surface area contributed by atoms with E-state index in [-0.39, 0.29) is 24.7 Å². The number of methoxy groups -OCH3 is 1. The monoisotopic (exact) mass is 288 g/mol. The first-order chi connectivity index (χ1) is 9.50. The molecule has 1 saturated heterocycles. The van der Waals surface area contributed by atoms with E-state index >= 15 is 0 Å². The van der Waals surface area contributed by atoms with Gasteiger partial charge in [-0.3, -0.25) is 9.59 Å². The van der Waals surface area contributed by atoms with Crippen molar-refractivity contribution in [3.8, 4) is 0 Å². The summed E-state index contributed by atoms with van der Waals surface area (Å²) in [6.07, 6.45) is 0. The summed E-state index contributed by atoms with van der Waals surface area (Å²) in [6, 6.07) is 0. The van der Waals surface area contributed by atoms with Crippen molar-refractivity contribution in [2.45, 2.75) is 19.4 Å². The highest BCUT2D eigenvalue weighted by atomic mass is 16.5. The molecule has 0 atom stereocenters. The molecule has 1 heterocycles. The van der Waals surface area contributed by atoms with Gasteiger partial charge in [0.1, 0.15) is 13.2 Å². The molecular weight excluding hydrogens is 264 g/mol. The number of rotatable bonds is 9. The quantitative estimate of drug-likeness (QED) is 0.571. The summed E-state index contributed by atoms with van der Waals surface area (Å²) in [7, 11) is 1.55. The Morgan fingerprint density at radius 1 is 1.35 bits per heavy atom. The number of nitrogens with one attached hydrogen (secondary N) is 1. The Kier molecular flexibility index (Phi) is 6.90. The fourth-order valence-corrected chi connectivity index (χ4v) is 1.76. The Hall–Kier alpha value is -1.18. The first-order valence-corrected chi connectivity index (χ1v) is 6.78. The van der Waals surface area contributed by atoms with Gasteiger partial charge in [-0.2, -0.15) is 0 Å². The molecule has 7 nitrogen and oxygen atoms in total. The van der Waals surface area contributed by atoms with E-state index in [0.29, 0.717) is 19.8 Å². The minimum atomic E-state index is -0.423. The molecule has 0 aromatic carbocycles. The van der Waals surface area contributed by atoms with Crippen LogP contribution in [0.1, 0.15) is 13.8 Å². The highest BCUT2D eigenvalue weighted by molar-refractivity contribution is 5.82. The Labute approximate surface area is 119 Å². The van der Waals surface area contributed by atoms with Crippen molar-refractivity contribution in [2.24, 2.45) is 0 Å². The lowest BCUT2D eigenvalue weighted by Gasteiger charge is -2.39. The Morgan fingerprint density at radius 3 is 2.55 bits per heavy atom. The van der Waals surface area contributed by atoms with Gasteiger partial charge in [-0.05, 0) is 13.8 Å². The molecule has 1 rings (SSSR count). The minimum Gasteiger partial charge on any atom is -0.465 e. The van der Waals surface area contributed by atoms with Crippen LogP contribution in [-0.4, -0.2) is 75.5 Å². The van der Waals surface area contributed by atoms with Crippen LogP contribution in [0.15, 0.2) is 0 Å². The SMILES string of the molecule is CCOC(=O)CN(CCOC)C(=O)COC1(C)CNC1. The number of carbonyl (C=O) groups is 2. The van der Waals surface area contributed by atoms with E-state index < -0.39 is 5.97 Å². The molecule has 1 aliphatic rings. The maximum atomic E-state index is 12.1. The molecule has 1 fully saturated rings. The average molecular weight is 288 g/mol. The summed E-state index contributed by atoms with van der Waals surface area (Å²) in [6.45, 7) is 6.03. The molecule has 0 aromatic heterocycles. The fourth-order valence-electron chi connectivity index (χ4n) is 1.76. The number of nitrogens with zero attached hydrogens (tertiary/aromatic N) is 1. The molecule has 0 aliphatic carbocycles. The lowest BCUT2D eigenvalue weighted by molar-refractivity contribution is -0.154. The van der Waals surface area contributed by atoms with Crippen LogP contribution in [0.3, 0.4) is 0 Å². The molecule has 0 unspecified atom stereocenters. The van der Waals surface area contributed by atoms with Crippen molar-refractivity contribution in [1.82, 2.24) is 10.2 Å². The zero-order valence-electron chi connectivity index (χ0n) is 12.4. The first-order valence-electron chi connectivity index (χ1n) is 6.78. The second kappa shape index (κ2) is 8.18. The summed E-state index contributed by atoms with van der Waals surface area (Å²) in [5, 5.41) is 3.09. The van der Waals surface area contributed by atoms with Crippen LogP contribution in [0.4, 0.5) is 0 Å². The van der Waals surface area contributed by atoms with Gasteiger partial charge in [0.15, 0.2) is 0 Å². The maximum Gasteiger partial charge on any atom is 0.325 e. The molecule has 0 bridgehead atoms. The van der Waals surface area contributed by atoms with Crippen LogP contribution < -0.4 is 5.32 Å². The van der Waals surface area contributed by atoms with E-state index in [1.54, 1.807) is 14.0 Å². The van der Waals surface area contributed by atoms with E-state index in [4.69, 9.17) is 14.2 Å². The normalized spacial score (nSPS) is 16.4. The number of ether oxygens (including phenoxy) is 3. The molecule has 0 aromatic rings. The molecule has 0 saturated carbocycles. The zero-order valence-corrected chi connectivity index (χ0v) is 12.4. The van der Waals surface area contributed by atoms with Gasteiger partial charge in [0.25, 0.3) is 0 Å². The maximum absolute atomic E-state index is 12.1. The number of esters is 1. The summed E-state index contributed by atoms with van der Waals surface area (Å²) < 4.78 is 15.4. The molecule has 0 radical (unpaired) electrons. The zero-order chi connectivity index (χ0) is 15.0. The van der Waals surface area contributed by atoms with E-state index in [9.17, 15) is 9.59 Å². The third-order valence-corrected chi connectivity index (χ3v) is 3.09. The highest BCUT2D eigenvalue weighted by Crippen LogP contribution is 2.15. The van der Waals surface area contributed by atoms with E-state index in [2.05, 4.69) is 5.32 Å². The van der Waals surface area contributed by atoms with Gasteiger partial charge in [0, 0.05) is 26.7 Å². The summed E-state index contributed by atoms with van der Waals surface area (Å²) >= 11 is 0. The van der Waals surface area contributed by atoms with Gasteiger partial charge in [-0.1, -0.05) is 0 Å². The number of hydrogen-bond donors (Lipinski definition) is 1. The second-order valence-corrected chi connectivity index (χ2v) is 4.96. The lowest BCUT2D eigenvalue weighted by atomic mass is 10.0. The number of amides is 1.